The fourth-order valence-electron chi connectivity index (χ4n) is 2.09. The van der Waals surface area contributed by atoms with E-state index in [1.165, 1.54) is 7.11 Å². The van der Waals surface area contributed by atoms with Crippen LogP contribution in [-0.2, 0) is 9.53 Å². The van der Waals surface area contributed by atoms with Crippen LogP contribution in [0, 0.1) is 6.92 Å². The van der Waals surface area contributed by atoms with E-state index >= 15 is 0 Å². The number of ether oxygens (including phenoxy) is 1. The minimum atomic E-state index is -0.0490. The van der Waals surface area contributed by atoms with E-state index < -0.39 is 0 Å². The van der Waals surface area contributed by atoms with Gasteiger partial charge in [-0.3, -0.25) is 9.20 Å². The molecule has 0 fully saturated rings. The lowest BCUT2D eigenvalue weighted by molar-refractivity contribution is -0.114. The second-order valence-corrected chi connectivity index (χ2v) is 5.38. The number of fused-ring (bicyclic) bond motifs is 3. The zero-order valence-corrected chi connectivity index (χ0v) is 12.0. The van der Waals surface area contributed by atoms with Gasteiger partial charge >= 0.3 is 0 Å². The smallest absolute Gasteiger partial charge is 0.236 e. The third-order valence-corrected chi connectivity index (χ3v) is 3.92. The first kappa shape index (κ1) is 13.1. The molecule has 20 heavy (non-hydrogen) atoms. The van der Waals surface area contributed by atoms with Gasteiger partial charge in [-0.15, -0.1) is 0 Å². The molecule has 0 unspecified atom stereocenters. The Morgan fingerprint density at radius 2 is 2.10 bits per heavy atom. The summed E-state index contributed by atoms with van der Waals surface area (Å²) in [5.41, 5.74) is 2.60. The Bertz CT molecular complexity index is 798. The van der Waals surface area contributed by atoms with E-state index in [2.05, 4.69) is 9.97 Å². The van der Waals surface area contributed by atoms with Crippen molar-refractivity contribution in [3.63, 3.8) is 0 Å². The quantitative estimate of drug-likeness (QED) is 0.693. The second kappa shape index (κ2) is 5.22. The van der Waals surface area contributed by atoms with Gasteiger partial charge in [0.05, 0.1) is 16.7 Å². The van der Waals surface area contributed by atoms with Crippen LogP contribution in [0.1, 0.15) is 5.69 Å². The van der Waals surface area contributed by atoms with Crippen molar-refractivity contribution < 1.29 is 9.53 Å². The Hall–Kier alpha value is -1.92. The predicted octanol–water partition coefficient (Wildman–Crippen LogP) is 2.46. The standard InChI is InChI=1S/C14H13N3O2S/c1-9-13(20-12(18)8-19-2)17-11-7-5-3-4-6-10(11)16-14(17)15-9/h3-7H,8H2,1-2H3. The molecule has 2 aromatic heterocycles. The molecule has 3 rings (SSSR count). The molecule has 6 heteroatoms. The molecule has 5 nitrogen and oxygen atoms in total. The Morgan fingerprint density at radius 1 is 1.30 bits per heavy atom. The number of carbonyl (C=O) groups is 1. The lowest BCUT2D eigenvalue weighted by Crippen LogP contribution is -2.02. The summed E-state index contributed by atoms with van der Waals surface area (Å²) >= 11 is 1.14. The summed E-state index contributed by atoms with van der Waals surface area (Å²) in [6.45, 7) is 1.96. The van der Waals surface area contributed by atoms with E-state index in [0.29, 0.717) is 5.78 Å². The third kappa shape index (κ3) is 2.17. The van der Waals surface area contributed by atoms with Crippen LogP contribution in [0.2, 0.25) is 0 Å². The zero-order valence-electron chi connectivity index (χ0n) is 11.2. The van der Waals surface area contributed by atoms with Gasteiger partial charge in [0, 0.05) is 7.11 Å². The first-order chi connectivity index (χ1) is 9.70. The van der Waals surface area contributed by atoms with Gasteiger partial charge in [-0.2, -0.15) is 0 Å². The number of hydrogen-bond donors (Lipinski definition) is 0. The maximum absolute atomic E-state index is 11.8. The molecule has 0 saturated heterocycles. The van der Waals surface area contributed by atoms with Gasteiger partial charge in [0.25, 0.3) is 0 Å². The van der Waals surface area contributed by atoms with E-state index in [4.69, 9.17) is 4.74 Å². The first-order valence-electron chi connectivity index (χ1n) is 6.14. The molecular formula is C14H13N3O2S. The van der Waals surface area contributed by atoms with E-state index in [9.17, 15) is 4.79 Å². The molecule has 0 aliphatic rings. The van der Waals surface area contributed by atoms with Crippen LogP contribution in [0.5, 0.6) is 0 Å². The Kier molecular flexibility index (Phi) is 3.42. The van der Waals surface area contributed by atoms with Gasteiger partial charge in [-0.25, -0.2) is 9.97 Å². The molecule has 102 valence electrons. The Morgan fingerprint density at radius 3 is 2.90 bits per heavy atom. The van der Waals surface area contributed by atoms with Crippen molar-refractivity contribution >= 4 is 33.7 Å². The number of nitrogens with zero attached hydrogens (tertiary/aromatic N) is 3. The van der Waals surface area contributed by atoms with Crippen LogP contribution in [-0.4, -0.2) is 33.2 Å². The second-order valence-electron chi connectivity index (χ2n) is 4.34. The van der Waals surface area contributed by atoms with E-state index in [0.717, 1.165) is 33.5 Å². The highest BCUT2D eigenvalue weighted by molar-refractivity contribution is 8.13. The number of methoxy groups -OCH3 is 1. The molecular weight excluding hydrogens is 274 g/mol. The summed E-state index contributed by atoms with van der Waals surface area (Å²) in [6, 6.07) is 9.74. The van der Waals surface area contributed by atoms with Gasteiger partial charge < -0.3 is 4.74 Å². The normalized spacial score (nSPS) is 11.3. The van der Waals surface area contributed by atoms with Crippen molar-refractivity contribution in [3.8, 4) is 0 Å². The molecule has 0 saturated carbocycles. The van der Waals surface area contributed by atoms with Crippen LogP contribution in [0.3, 0.4) is 0 Å². The lowest BCUT2D eigenvalue weighted by atomic mass is 10.4. The summed E-state index contributed by atoms with van der Waals surface area (Å²) in [5.74, 6) is 0.622. The minimum Gasteiger partial charge on any atom is -0.376 e. The molecule has 0 radical (unpaired) electrons. The molecule has 0 aliphatic carbocycles. The number of thioether (sulfide) groups is 1. The van der Waals surface area contributed by atoms with Crippen LogP contribution in [0.4, 0.5) is 0 Å². The zero-order chi connectivity index (χ0) is 14.1. The number of imidazole rings is 2. The van der Waals surface area contributed by atoms with Crippen molar-refractivity contribution in [2.24, 2.45) is 0 Å². The largest absolute Gasteiger partial charge is 0.376 e. The Labute approximate surface area is 120 Å². The predicted molar refractivity (Wildman–Crippen MR) is 78.0 cm³/mol. The number of rotatable bonds is 3. The van der Waals surface area contributed by atoms with Crippen molar-refractivity contribution in [2.45, 2.75) is 11.9 Å². The van der Waals surface area contributed by atoms with Crippen LogP contribution >= 0.6 is 11.8 Å². The van der Waals surface area contributed by atoms with E-state index in [1.807, 2.05) is 41.7 Å². The molecule has 2 heterocycles. The maximum atomic E-state index is 11.8. The fourth-order valence-corrected chi connectivity index (χ4v) is 2.94. The molecule has 0 aliphatic heterocycles. The van der Waals surface area contributed by atoms with Gasteiger partial charge in [-0.05, 0) is 30.8 Å². The number of hydrogen-bond acceptors (Lipinski definition) is 5. The highest BCUT2D eigenvalue weighted by Crippen LogP contribution is 2.28. The van der Waals surface area contributed by atoms with Crippen molar-refractivity contribution in [3.05, 3.63) is 36.0 Å². The van der Waals surface area contributed by atoms with Gasteiger partial charge in [0.2, 0.25) is 10.9 Å². The van der Waals surface area contributed by atoms with Gasteiger partial charge in [0.15, 0.2) is 0 Å². The van der Waals surface area contributed by atoms with Crippen LogP contribution < -0.4 is 0 Å². The third-order valence-electron chi connectivity index (χ3n) is 2.91. The fraction of sp³-hybridized carbons (Fsp3) is 0.214. The molecule has 0 spiro atoms. The molecule has 3 aromatic rings. The minimum absolute atomic E-state index is 0.0490. The van der Waals surface area contributed by atoms with Crippen LogP contribution in [0.15, 0.2) is 35.4 Å². The molecule has 1 aromatic carbocycles. The van der Waals surface area contributed by atoms with Gasteiger partial charge in [0.1, 0.15) is 11.6 Å². The molecule has 0 atom stereocenters. The summed E-state index contributed by atoms with van der Waals surface area (Å²) in [6.07, 6.45) is 0. The number of aromatic nitrogens is 3. The SMILES string of the molecule is COCC(=O)Sc1c(C)nc2nc3cccccc3n12. The molecule has 0 bridgehead atoms. The van der Waals surface area contributed by atoms with Gasteiger partial charge in [-0.1, -0.05) is 18.2 Å². The summed E-state index contributed by atoms with van der Waals surface area (Å²) in [7, 11) is 1.51. The number of aryl methyl sites for hydroxylation is 1. The lowest BCUT2D eigenvalue weighted by Gasteiger charge is -2.00. The maximum Gasteiger partial charge on any atom is 0.236 e. The average molecular weight is 287 g/mol. The average Bonchev–Trinajstić information content (AvgIpc) is 2.77. The van der Waals surface area contributed by atoms with Crippen molar-refractivity contribution in [2.75, 3.05) is 13.7 Å². The Balaban J connectivity index is 2.20. The topological polar surface area (TPSA) is 56.5 Å². The highest BCUT2D eigenvalue weighted by atomic mass is 32.2. The van der Waals surface area contributed by atoms with Crippen molar-refractivity contribution in [1.82, 2.24) is 14.4 Å². The molecule has 0 amide bonds. The monoisotopic (exact) mass is 287 g/mol. The molecule has 0 N–H and O–H groups in total. The van der Waals surface area contributed by atoms with Crippen LogP contribution in [0.25, 0.3) is 16.8 Å². The summed E-state index contributed by atoms with van der Waals surface area (Å²) in [5, 5.41) is 0.753. The first-order valence-corrected chi connectivity index (χ1v) is 6.96. The summed E-state index contributed by atoms with van der Waals surface area (Å²) < 4.78 is 6.79. The number of carbonyl (C=O) groups excluding carboxylic acids is 1. The van der Waals surface area contributed by atoms with Crippen molar-refractivity contribution in [1.29, 1.82) is 0 Å². The van der Waals surface area contributed by atoms with E-state index in [1.54, 1.807) is 0 Å². The van der Waals surface area contributed by atoms with E-state index in [-0.39, 0.29) is 11.7 Å². The summed E-state index contributed by atoms with van der Waals surface area (Å²) in [4.78, 5) is 20.7. The highest BCUT2D eigenvalue weighted by Gasteiger charge is 2.17.